The van der Waals surface area contributed by atoms with Crippen LogP contribution in [-0.2, 0) is 23.0 Å². The van der Waals surface area contributed by atoms with Gasteiger partial charge in [-0.05, 0) is 17.7 Å². The number of benzene rings is 1. The Labute approximate surface area is 116 Å². The van der Waals surface area contributed by atoms with E-state index in [0.717, 1.165) is 5.56 Å². The molecule has 0 atom stereocenters. The molecule has 2 aromatic rings. The predicted octanol–water partition coefficient (Wildman–Crippen LogP) is 0.323. The van der Waals surface area contributed by atoms with Crippen LogP contribution in [0, 0.1) is 11.3 Å². The molecule has 8 heteroatoms. The molecule has 2 rings (SSSR count). The highest BCUT2D eigenvalue weighted by Gasteiger charge is 2.13. The third kappa shape index (κ3) is 3.63. The van der Waals surface area contributed by atoms with E-state index in [4.69, 9.17) is 5.26 Å². The van der Waals surface area contributed by atoms with Gasteiger partial charge in [-0.3, -0.25) is 4.68 Å². The molecule has 0 spiro atoms. The molecule has 1 N–H and O–H groups in total. The van der Waals surface area contributed by atoms with Crippen molar-refractivity contribution in [3.8, 4) is 6.07 Å². The van der Waals surface area contributed by atoms with Gasteiger partial charge in [0.05, 0.1) is 30.1 Å². The fourth-order valence-corrected chi connectivity index (χ4v) is 2.63. The van der Waals surface area contributed by atoms with Crippen LogP contribution in [-0.4, -0.2) is 30.0 Å². The van der Waals surface area contributed by atoms with E-state index in [1.165, 1.54) is 18.3 Å². The number of hydrogen-bond donors (Lipinski definition) is 1. The number of nitrogens with zero attached hydrogens (tertiary/aromatic N) is 4. The summed E-state index contributed by atoms with van der Waals surface area (Å²) in [5.41, 5.74) is 0.786. The minimum Gasteiger partial charge on any atom is -0.251 e. The Morgan fingerprint density at radius 1 is 1.30 bits per heavy atom. The first kappa shape index (κ1) is 14.2. The molecular weight excluding hydrogens is 278 g/mol. The first-order valence-corrected chi connectivity index (χ1v) is 7.40. The zero-order valence-corrected chi connectivity index (χ0v) is 11.4. The number of hydrogen-bond acceptors (Lipinski definition) is 5. The van der Waals surface area contributed by atoms with Gasteiger partial charge in [0.1, 0.15) is 0 Å². The Balaban J connectivity index is 1.97. The lowest BCUT2D eigenvalue weighted by atomic mass is 10.2. The van der Waals surface area contributed by atoms with E-state index >= 15 is 0 Å². The first-order valence-electron chi connectivity index (χ1n) is 5.91. The average Bonchev–Trinajstić information content (AvgIpc) is 2.93. The molecule has 0 bridgehead atoms. The summed E-state index contributed by atoms with van der Waals surface area (Å²) in [5, 5.41) is 15.9. The second-order valence-electron chi connectivity index (χ2n) is 4.04. The quantitative estimate of drug-likeness (QED) is 0.826. The van der Waals surface area contributed by atoms with Crippen LogP contribution in [0.15, 0.2) is 41.6 Å². The molecule has 0 aliphatic rings. The molecule has 0 saturated heterocycles. The van der Waals surface area contributed by atoms with Gasteiger partial charge in [-0.15, -0.1) is 5.10 Å². The third-order valence-electron chi connectivity index (χ3n) is 2.62. The molecule has 0 fully saturated rings. The van der Waals surface area contributed by atoms with Crippen molar-refractivity contribution in [2.75, 3.05) is 6.54 Å². The molecule has 0 radical (unpaired) electrons. The second kappa shape index (κ2) is 6.27. The fourth-order valence-electron chi connectivity index (χ4n) is 1.61. The van der Waals surface area contributed by atoms with Gasteiger partial charge in [-0.25, -0.2) is 13.1 Å². The summed E-state index contributed by atoms with van der Waals surface area (Å²) in [6.45, 7) is 0.636. The zero-order chi connectivity index (χ0) is 14.4. The highest BCUT2D eigenvalue weighted by atomic mass is 32.2. The van der Waals surface area contributed by atoms with Crippen LogP contribution < -0.4 is 4.72 Å². The molecule has 1 aromatic heterocycles. The molecule has 0 aliphatic heterocycles. The molecule has 20 heavy (non-hydrogen) atoms. The molecule has 0 saturated carbocycles. The van der Waals surface area contributed by atoms with E-state index in [9.17, 15) is 8.42 Å². The Morgan fingerprint density at radius 3 is 2.65 bits per heavy atom. The van der Waals surface area contributed by atoms with Crippen LogP contribution in [0.3, 0.4) is 0 Å². The summed E-state index contributed by atoms with van der Waals surface area (Å²) in [6.07, 6.45) is 3.45. The highest BCUT2D eigenvalue weighted by Crippen LogP contribution is 2.10. The zero-order valence-electron chi connectivity index (χ0n) is 10.6. The van der Waals surface area contributed by atoms with Crippen LogP contribution in [0.5, 0.6) is 0 Å². The number of aromatic nitrogens is 3. The minimum absolute atomic E-state index is 0.179. The average molecular weight is 291 g/mol. The first-order chi connectivity index (χ1) is 9.62. The lowest BCUT2D eigenvalue weighted by molar-refractivity contribution is 0.553. The van der Waals surface area contributed by atoms with Crippen LogP contribution in [0.1, 0.15) is 5.56 Å². The SMILES string of the molecule is N#CCc1ccc(S(=O)(=O)NCCn2ccnn2)cc1. The maximum atomic E-state index is 12.0. The Hall–Kier alpha value is -2.24. The summed E-state index contributed by atoms with van der Waals surface area (Å²) in [5.74, 6) is 0. The van der Waals surface area contributed by atoms with Crippen molar-refractivity contribution in [1.29, 1.82) is 5.26 Å². The summed E-state index contributed by atoms with van der Waals surface area (Å²) in [7, 11) is -3.54. The van der Waals surface area contributed by atoms with Gasteiger partial charge < -0.3 is 0 Å². The van der Waals surface area contributed by atoms with Crippen molar-refractivity contribution >= 4 is 10.0 Å². The predicted molar refractivity (Wildman–Crippen MR) is 71.0 cm³/mol. The molecule has 0 aliphatic carbocycles. The fraction of sp³-hybridized carbons (Fsp3) is 0.250. The Bertz CT molecular complexity index is 686. The van der Waals surface area contributed by atoms with Gasteiger partial charge in [-0.1, -0.05) is 17.3 Å². The molecule has 1 heterocycles. The number of nitrogens with one attached hydrogen (secondary N) is 1. The number of nitriles is 1. The summed E-state index contributed by atoms with van der Waals surface area (Å²) >= 11 is 0. The van der Waals surface area contributed by atoms with Crippen molar-refractivity contribution in [3.05, 3.63) is 42.2 Å². The van der Waals surface area contributed by atoms with Gasteiger partial charge in [0.2, 0.25) is 10.0 Å². The molecule has 7 nitrogen and oxygen atoms in total. The topological polar surface area (TPSA) is 101 Å². The summed E-state index contributed by atoms with van der Waals surface area (Å²) < 4.78 is 28.0. The lowest BCUT2D eigenvalue weighted by Crippen LogP contribution is -2.27. The molecule has 1 aromatic carbocycles. The van der Waals surface area contributed by atoms with E-state index < -0.39 is 10.0 Å². The number of rotatable bonds is 6. The minimum atomic E-state index is -3.54. The van der Waals surface area contributed by atoms with Crippen molar-refractivity contribution in [1.82, 2.24) is 19.7 Å². The van der Waals surface area contributed by atoms with Gasteiger partial charge in [0.25, 0.3) is 0 Å². The molecular formula is C12H13N5O2S. The molecule has 104 valence electrons. The van der Waals surface area contributed by atoms with Crippen LogP contribution >= 0.6 is 0 Å². The van der Waals surface area contributed by atoms with Crippen LogP contribution in [0.4, 0.5) is 0 Å². The lowest BCUT2D eigenvalue weighted by Gasteiger charge is -2.07. The van der Waals surface area contributed by atoms with E-state index in [2.05, 4.69) is 15.0 Å². The van der Waals surface area contributed by atoms with Crippen LogP contribution in [0.2, 0.25) is 0 Å². The Morgan fingerprint density at radius 2 is 2.05 bits per heavy atom. The van der Waals surface area contributed by atoms with Crippen LogP contribution in [0.25, 0.3) is 0 Å². The standard InChI is InChI=1S/C12H13N5O2S/c13-6-5-11-1-3-12(4-2-11)20(18,19)15-8-10-17-9-7-14-16-17/h1-4,7,9,15H,5,8,10H2. The molecule has 0 unspecified atom stereocenters. The summed E-state index contributed by atoms with van der Waals surface area (Å²) in [6, 6.07) is 8.26. The summed E-state index contributed by atoms with van der Waals surface area (Å²) in [4.78, 5) is 0.179. The Kier molecular flexibility index (Phi) is 4.45. The largest absolute Gasteiger partial charge is 0.251 e. The van der Waals surface area contributed by atoms with E-state index in [0.29, 0.717) is 6.54 Å². The number of sulfonamides is 1. The second-order valence-corrected chi connectivity index (χ2v) is 5.81. The van der Waals surface area contributed by atoms with Crippen molar-refractivity contribution < 1.29 is 8.42 Å². The van der Waals surface area contributed by atoms with E-state index in [-0.39, 0.29) is 17.9 Å². The van der Waals surface area contributed by atoms with E-state index in [1.54, 1.807) is 23.0 Å². The maximum absolute atomic E-state index is 12.0. The highest BCUT2D eigenvalue weighted by molar-refractivity contribution is 7.89. The monoisotopic (exact) mass is 291 g/mol. The van der Waals surface area contributed by atoms with Crippen molar-refractivity contribution in [2.45, 2.75) is 17.9 Å². The maximum Gasteiger partial charge on any atom is 0.240 e. The van der Waals surface area contributed by atoms with Gasteiger partial charge in [0.15, 0.2) is 0 Å². The normalized spacial score (nSPS) is 11.2. The molecule has 0 amide bonds. The van der Waals surface area contributed by atoms with E-state index in [1.807, 2.05) is 6.07 Å². The van der Waals surface area contributed by atoms with Crippen molar-refractivity contribution in [3.63, 3.8) is 0 Å². The van der Waals surface area contributed by atoms with Gasteiger partial charge in [-0.2, -0.15) is 5.26 Å². The van der Waals surface area contributed by atoms with Crippen molar-refractivity contribution in [2.24, 2.45) is 0 Å². The van der Waals surface area contributed by atoms with Gasteiger partial charge >= 0.3 is 0 Å². The smallest absolute Gasteiger partial charge is 0.240 e. The third-order valence-corrected chi connectivity index (χ3v) is 4.10. The van der Waals surface area contributed by atoms with Gasteiger partial charge in [0, 0.05) is 12.7 Å².